The Morgan fingerprint density at radius 3 is 2.62 bits per heavy atom. The molecule has 6 heteroatoms. The number of amides is 1. The van der Waals surface area contributed by atoms with Gasteiger partial charge in [0.1, 0.15) is 0 Å². The first-order valence-corrected chi connectivity index (χ1v) is 8.87. The average molecular weight is 366 g/mol. The number of carbonyl (C=O) groups is 2. The van der Waals surface area contributed by atoms with Gasteiger partial charge in [-0.25, -0.2) is 0 Å². The van der Waals surface area contributed by atoms with E-state index in [0.29, 0.717) is 10.8 Å². The molecule has 1 amide bonds. The van der Waals surface area contributed by atoms with Crippen LogP contribution < -0.4 is 5.32 Å². The molecule has 1 aromatic carbocycles. The highest BCUT2D eigenvalue weighted by atomic mass is 35.5. The maximum absolute atomic E-state index is 12.2. The fourth-order valence-corrected chi connectivity index (χ4v) is 3.55. The van der Waals surface area contributed by atoms with Gasteiger partial charge < -0.3 is 10.4 Å². The van der Waals surface area contributed by atoms with Crippen LogP contribution in [-0.2, 0) is 16.0 Å². The van der Waals surface area contributed by atoms with E-state index in [-0.39, 0.29) is 18.4 Å². The molecule has 0 aliphatic carbocycles. The van der Waals surface area contributed by atoms with Crippen molar-refractivity contribution in [2.45, 2.75) is 26.2 Å². The van der Waals surface area contributed by atoms with Gasteiger partial charge in [0.25, 0.3) is 0 Å². The Morgan fingerprint density at radius 1 is 1.29 bits per heavy atom. The van der Waals surface area contributed by atoms with Crippen LogP contribution in [0.4, 0.5) is 0 Å². The highest BCUT2D eigenvalue weighted by Gasteiger charge is 2.22. The fraction of sp³-hybridized carbons (Fsp3) is 0.333. The summed E-state index contributed by atoms with van der Waals surface area (Å²) >= 11 is 7.25. The van der Waals surface area contributed by atoms with E-state index in [9.17, 15) is 14.7 Å². The molecule has 4 nitrogen and oxygen atoms in total. The van der Waals surface area contributed by atoms with Gasteiger partial charge in [0, 0.05) is 11.4 Å². The van der Waals surface area contributed by atoms with Crippen LogP contribution in [0.15, 0.2) is 36.4 Å². The molecule has 0 saturated carbocycles. The van der Waals surface area contributed by atoms with Gasteiger partial charge in [-0.15, -0.1) is 11.3 Å². The second kappa shape index (κ2) is 8.31. The number of aryl methyl sites for hydroxylation is 1. The molecule has 2 N–H and O–H groups in total. The number of hydrogen-bond acceptors (Lipinski definition) is 3. The van der Waals surface area contributed by atoms with E-state index in [1.165, 1.54) is 11.3 Å². The second-order valence-electron chi connectivity index (χ2n) is 5.84. The predicted octanol–water partition coefficient (Wildman–Crippen LogP) is 3.87. The average Bonchev–Trinajstić information content (AvgIpc) is 2.96. The number of carbonyl (C=O) groups excluding carboxylic acids is 1. The summed E-state index contributed by atoms with van der Waals surface area (Å²) < 4.78 is 0.632. The van der Waals surface area contributed by atoms with Crippen LogP contribution in [0.1, 0.15) is 28.8 Å². The molecule has 0 saturated heterocycles. The number of aliphatic carboxylic acids is 1. The molecular weight excluding hydrogens is 346 g/mol. The molecule has 0 radical (unpaired) electrons. The van der Waals surface area contributed by atoms with Crippen molar-refractivity contribution in [1.82, 2.24) is 5.32 Å². The fourth-order valence-electron chi connectivity index (χ4n) is 2.44. The molecule has 2 unspecified atom stereocenters. The summed E-state index contributed by atoms with van der Waals surface area (Å²) in [6.45, 7) is 3.86. The number of thiophene rings is 1. The van der Waals surface area contributed by atoms with Crippen molar-refractivity contribution >= 4 is 34.8 Å². The lowest BCUT2D eigenvalue weighted by Crippen LogP contribution is -2.36. The summed E-state index contributed by atoms with van der Waals surface area (Å²) in [7, 11) is 0. The second-order valence-corrected chi connectivity index (χ2v) is 7.58. The van der Waals surface area contributed by atoms with Crippen LogP contribution >= 0.6 is 22.9 Å². The van der Waals surface area contributed by atoms with Crippen molar-refractivity contribution in [2.24, 2.45) is 5.92 Å². The highest BCUT2D eigenvalue weighted by Crippen LogP contribution is 2.28. The van der Waals surface area contributed by atoms with E-state index in [4.69, 9.17) is 11.6 Å². The largest absolute Gasteiger partial charge is 0.481 e. The van der Waals surface area contributed by atoms with Gasteiger partial charge in [0.15, 0.2) is 0 Å². The van der Waals surface area contributed by atoms with Crippen molar-refractivity contribution in [2.75, 3.05) is 6.54 Å². The summed E-state index contributed by atoms with van der Waals surface area (Å²) in [5.41, 5.74) is 2.04. The Balaban J connectivity index is 1.95. The summed E-state index contributed by atoms with van der Waals surface area (Å²) in [5, 5.41) is 12.2. The molecule has 2 atom stereocenters. The number of carboxylic acids is 1. The summed E-state index contributed by atoms with van der Waals surface area (Å²) in [4.78, 5) is 24.6. The van der Waals surface area contributed by atoms with Crippen molar-refractivity contribution in [3.8, 4) is 0 Å². The van der Waals surface area contributed by atoms with Gasteiger partial charge in [-0.2, -0.15) is 0 Å². The van der Waals surface area contributed by atoms with Gasteiger partial charge in [0.2, 0.25) is 5.91 Å². The van der Waals surface area contributed by atoms with E-state index >= 15 is 0 Å². The lowest BCUT2D eigenvalue weighted by Gasteiger charge is -2.16. The Kier molecular flexibility index (Phi) is 6.40. The molecule has 0 aliphatic rings. The Labute approximate surface area is 150 Å². The van der Waals surface area contributed by atoms with Gasteiger partial charge in [-0.1, -0.05) is 41.4 Å². The summed E-state index contributed by atoms with van der Waals surface area (Å²) in [6, 6.07) is 11.3. The van der Waals surface area contributed by atoms with Crippen LogP contribution in [0.3, 0.4) is 0 Å². The molecule has 24 heavy (non-hydrogen) atoms. The predicted molar refractivity (Wildman–Crippen MR) is 96.8 cm³/mol. The smallest absolute Gasteiger partial charge is 0.308 e. The van der Waals surface area contributed by atoms with Gasteiger partial charge >= 0.3 is 5.97 Å². The molecule has 1 aromatic heterocycles. The summed E-state index contributed by atoms with van der Waals surface area (Å²) in [5.74, 6) is -2.11. The first kappa shape index (κ1) is 18.5. The van der Waals surface area contributed by atoms with Crippen LogP contribution in [0.2, 0.25) is 4.34 Å². The van der Waals surface area contributed by atoms with Crippen LogP contribution in [0.25, 0.3) is 0 Å². The van der Waals surface area contributed by atoms with E-state index < -0.39 is 11.9 Å². The zero-order valence-corrected chi connectivity index (χ0v) is 15.2. The standard InChI is InChI=1S/C18H20ClNO3S/c1-11-4-3-5-13(8-11)9-14(18(22)23)10-20-17(21)12(2)15-6-7-16(19)24-15/h3-8,12,14H,9-10H2,1-2H3,(H,20,21)(H,22,23). The highest BCUT2D eigenvalue weighted by molar-refractivity contribution is 7.16. The van der Waals surface area contributed by atoms with Crippen LogP contribution in [0.5, 0.6) is 0 Å². The first-order chi connectivity index (χ1) is 11.4. The number of nitrogens with one attached hydrogen (secondary N) is 1. The molecule has 128 valence electrons. The molecule has 0 spiro atoms. The van der Waals surface area contributed by atoms with E-state index in [1.807, 2.05) is 37.3 Å². The maximum Gasteiger partial charge on any atom is 0.308 e. The Bertz CT molecular complexity index is 729. The minimum absolute atomic E-state index is 0.103. The van der Waals surface area contributed by atoms with Gasteiger partial charge in [0.05, 0.1) is 16.2 Å². The molecule has 0 bridgehead atoms. The zero-order valence-electron chi connectivity index (χ0n) is 13.6. The van der Waals surface area contributed by atoms with Crippen molar-refractivity contribution in [3.63, 3.8) is 0 Å². The number of rotatable bonds is 7. The molecule has 2 aromatic rings. The molecule has 2 rings (SSSR count). The van der Waals surface area contributed by atoms with Crippen molar-refractivity contribution < 1.29 is 14.7 Å². The zero-order chi connectivity index (χ0) is 17.7. The van der Waals surface area contributed by atoms with Gasteiger partial charge in [-0.3, -0.25) is 9.59 Å². The van der Waals surface area contributed by atoms with Crippen LogP contribution in [-0.4, -0.2) is 23.5 Å². The van der Waals surface area contributed by atoms with E-state index in [0.717, 1.165) is 16.0 Å². The Morgan fingerprint density at radius 2 is 2.04 bits per heavy atom. The number of hydrogen-bond donors (Lipinski definition) is 2. The van der Waals surface area contributed by atoms with E-state index in [2.05, 4.69) is 5.32 Å². The first-order valence-electron chi connectivity index (χ1n) is 7.68. The lowest BCUT2D eigenvalue weighted by atomic mass is 9.98. The molecule has 1 heterocycles. The third kappa shape index (κ3) is 5.08. The molecule has 0 fully saturated rings. The van der Waals surface area contributed by atoms with E-state index in [1.54, 1.807) is 13.0 Å². The minimum Gasteiger partial charge on any atom is -0.481 e. The number of benzene rings is 1. The normalized spacial score (nSPS) is 13.3. The lowest BCUT2D eigenvalue weighted by molar-refractivity contribution is -0.141. The van der Waals surface area contributed by atoms with Crippen molar-refractivity contribution in [1.29, 1.82) is 0 Å². The topological polar surface area (TPSA) is 66.4 Å². The molecular formula is C18H20ClNO3S. The van der Waals surface area contributed by atoms with Gasteiger partial charge in [-0.05, 0) is 38.0 Å². The third-order valence-corrected chi connectivity index (χ3v) is 5.26. The third-order valence-electron chi connectivity index (χ3n) is 3.85. The quantitative estimate of drug-likeness (QED) is 0.782. The maximum atomic E-state index is 12.2. The van der Waals surface area contributed by atoms with Crippen molar-refractivity contribution in [3.05, 3.63) is 56.7 Å². The SMILES string of the molecule is Cc1cccc(CC(CNC(=O)C(C)c2ccc(Cl)s2)C(=O)O)c1. The Hall–Kier alpha value is -1.85. The number of halogens is 1. The monoisotopic (exact) mass is 365 g/mol. The summed E-state index contributed by atoms with van der Waals surface area (Å²) in [6.07, 6.45) is 0.385. The molecule has 0 aliphatic heterocycles. The number of carboxylic acid groups (broad SMARTS) is 1. The van der Waals surface area contributed by atoms with Crippen LogP contribution in [0, 0.1) is 12.8 Å². The minimum atomic E-state index is -0.913.